The third-order valence-corrected chi connectivity index (χ3v) is 2.12. The van der Waals surface area contributed by atoms with E-state index in [1.807, 2.05) is 11.9 Å². The molecule has 0 saturated heterocycles. The van der Waals surface area contributed by atoms with E-state index in [1.54, 1.807) is 35.5 Å². The van der Waals surface area contributed by atoms with Gasteiger partial charge in [-0.1, -0.05) is 0 Å². The van der Waals surface area contributed by atoms with Crippen LogP contribution in [-0.4, -0.2) is 36.0 Å². The Morgan fingerprint density at radius 1 is 1.91 bits per heavy atom. The second-order valence-electron chi connectivity index (χ2n) is 2.33. The van der Waals surface area contributed by atoms with Gasteiger partial charge in [0.1, 0.15) is 35.7 Å². The summed E-state index contributed by atoms with van der Waals surface area (Å²) in [5.74, 6) is 0. The van der Waals surface area contributed by atoms with Crippen LogP contribution in [0.15, 0.2) is 12.5 Å². The maximum absolute atomic E-state index is 9.27. The van der Waals surface area contributed by atoms with Crippen LogP contribution in [0.5, 0.6) is 0 Å². The summed E-state index contributed by atoms with van der Waals surface area (Å²) in [7, 11) is 1.86. The van der Waals surface area contributed by atoms with Crippen molar-refractivity contribution in [3.63, 3.8) is 0 Å². The molecule has 1 rings (SSSR count). The maximum atomic E-state index is 9.27. The van der Waals surface area contributed by atoms with Gasteiger partial charge in [-0.2, -0.15) is 0 Å². The molecular weight excluding hydrogens is 261 g/mol. The minimum absolute atomic E-state index is 0.114. The van der Waals surface area contributed by atoms with Crippen molar-refractivity contribution < 1.29 is 12.9 Å². The number of ether oxygens (including phenoxy) is 1. The summed E-state index contributed by atoms with van der Waals surface area (Å²) < 4.78 is 9.74. The van der Waals surface area contributed by atoms with Crippen molar-refractivity contribution in [2.75, 3.05) is 13.7 Å². The first kappa shape index (κ1) is 9.08. The predicted molar refractivity (Wildman–Crippen MR) is 47.8 cm³/mol. The van der Waals surface area contributed by atoms with Gasteiger partial charge in [0.2, 0.25) is 0 Å². The molecule has 0 aromatic carbocycles. The number of likely N-dealkylation sites (N-methyl/N-ethyl adjacent to an activating group) is 1. The predicted octanol–water partition coefficient (Wildman–Crippen LogP) is 0.473. The number of aliphatic hydroxyl groups excluding tert-OH is 1. The van der Waals surface area contributed by atoms with Crippen molar-refractivity contribution >= 4 is 23.0 Å². The average Bonchev–Trinajstić information content (AvgIpc) is 2.04. The topological polar surface area (TPSA) is 41.9 Å². The molecule has 0 bridgehead atoms. The Morgan fingerprint density at radius 2 is 2.64 bits per heavy atom. The van der Waals surface area contributed by atoms with Gasteiger partial charge in [0.05, 0.1) is 6.26 Å². The van der Waals surface area contributed by atoms with Gasteiger partial charge in [-0.25, -0.2) is 0 Å². The van der Waals surface area contributed by atoms with E-state index in [1.165, 1.54) is 0 Å². The fraction of sp³-hybridized carbons (Fsp3) is 0.667. The van der Waals surface area contributed by atoms with E-state index < -0.39 is 6.29 Å². The van der Waals surface area contributed by atoms with Gasteiger partial charge in [0, 0.05) is 13.2 Å². The quantitative estimate of drug-likeness (QED) is 0.585. The fourth-order valence-electron chi connectivity index (χ4n) is 0.864. The number of nitrogens with zero attached hydrogens (tertiary/aromatic N) is 1. The lowest BCUT2D eigenvalue weighted by molar-refractivity contribution is -0.0657. The first-order chi connectivity index (χ1) is 5.25. The third kappa shape index (κ3) is 2.21. The molecule has 2 unspecified atom stereocenters. The van der Waals surface area contributed by atoms with Crippen LogP contribution >= 0.6 is 23.0 Å². The zero-order valence-electron chi connectivity index (χ0n) is 6.11. The fourth-order valence-corrected chi connectivity index (χ4v) is 1.20. The highest BCUT2D eigenvalue weighted by atomic mass is 127. The molecule has 1 heterocycles. The Labute approximate surface area is 79.5 Å². The van der Waals surface area contributed by atoms with Crippen LogP contribution in [0.2, 0.25) is 0 Å². The van der Waals surface area contributed by atoms with Crippen LogP contribution in [0.1, 0.15) is 0 Å². The summed E-state index contributed by atoms with van der Waals surface area (Å²) in [4.78, 5) is 1.85. The Bertz CT molecular complexity index is 153. The van der Waals surface area contributed by atoms with Crippen LogP contribution in [0.4, 0.5) is 0 Å². The van der Waals surface area contributed by atoms with Gasteiger partial charge >= 0.3 is 0 Å². The largest absolute Gasteiger partial charge is 0.497 e. The van der Waals surface area contributed by atoms with Crippen LogP contribution in [-0.2, 0) is 7.80 Å². The summed E-state index contributed by atoms with van der Waals surface area (Å²) in [6, 6.07) is -0.114. The summed E-state index contributed by atoms with van der Waals surface area (Å²) in [5, 5.41) is 9.27. The van der Waals surface area contributed by atoms with E-state index in [0.29, 0.717) is 6.61 Å². The first-order valence-electron chi connectivity index (χ1n) is 3.21. The molecule has 5 heteroatoms. The highest BCUT2D eigenvalue weighted by molar-refractivity contribution is 14.1. The SMILES string of the molecule is CN1C=COCC1C(O)OI. The Balaban J connectivity index is 2.50. The number of rotatable bonds is 2. The lowest BCUT2D eigenvalue weighted by Gasteiger charge is -2.31. The van der Waals surface area contributed by atoms with E-state index in [2.05, 4.69) is 0 Å². The van der Waals surface area contributed by atoms with Crippen LogP contribution in [0, 0.1) is 0 Å². The van der Waals surface area contributed by atoms with Crippen molar-refractivity contribution in [2.24, 2.45) is 0 Å². The molecule has 0 aliphatic carbocycles. The molecule has 1 aliphatic heterocycles. The van der Waals surface area contributed by atoms with Crippen molar-refractivity contribution in [1.29, 1.82) is 0 Å². The van der Waals surface area contributed by atoms with Crippen molar-refractivity contribution in [3.05, 3.63) is 12.5 Å². The molecule has 1 N–H and O–H groups in total. The van der Waals surface area contributed by atoms with Crippen LogP contribution in [0.25, 0.3) is 0 Å². The average molecular weight is 271 g/mol. The number of halogens is 1. The highest BCUT2D eigenvalue weighted by Crippen LogP contribution is 2.11. The number of aliphatic hydroxyl groups is 1. The Kier molecular flexibility index (Phi) is 3.41. The van der Waals surface area contributed by atoms with Crippen LogP contribution in [0.3, 0.4) is 0 Å². The normalized spacial score (nSPS) is 26.5. The summed E-state index contributed by atoms with van der Waals surface area (Å²) >= 11 is 1.67. The van der Waals surface area contributed by atoms with Gasteiger partial charge in [-0.3, -0.25) is 3.07 Å². The molecule has 0 amide bonds. The Morgan fingerprint density at radius 3 is 3.18 bits per heavy atom. The van der Waals surface area contributed by atoms with E-state index in [9.17, 15) is 5.11 Å². The second-order valence-corrected chi connectivity index (χ2v) is 2.84. The Hall–Kier alpha value is -0.0100. The van der Waals surface area contributed by atoms with Crippen molar-refractivity contribution in [2.45, 2.75) is 12.3 Å². The number of hydrogen-bond acceptors (Lipinski definition) is 4. The molecule has 0 fully saturated rings. The minimum atomic E-state index is -0.800. The van der Waals surface area contributed by atoms with Gasteiger partial charge in [0.15, 0.2) is 6.29 Å². The molecule has 0 saturated carbocycles. The molecule has 1 aliphatic rings. The monoisotopic (exact) mass is 271 g/mol. The van der Waals surface area contributed by atoms with E-state index >= 15 is 0 Å². The van der Waals surface area contributed by atoms with Gasteiger partial charge in [-0.15, -0.1) is 0 Å². The zero-order valence-corrected chi connectivity index (χ0v) is 8.26. The lowest BCUT2D eigenvalue weighted by Crippen LogP contribution is -2.43. The minimum Gasteiger partial charge on any atom is -0.497 e. The van der Waals surface area contributed by atoms with E-state index in [0.717, 1.165) is 0 Å². The zero-order chi connectivity index (χ0) is 8.27. The maximum Gasteiger partial charge on any atom is 0.189 e. The van der Waals surface area contributed by atoms with Crippen molar-refractivity contribution in [1.82, 2.24) is 4.90 Å². The highest BCUT2D eigenvalue weighted by Gasteiger charge is 2.24. The molecule has 64 valence electrons. The van der Waals surface area contributed by atoms with Gasteiger partial charge in [-0.05, 0) is 0 Å². The van der Waals surface area contributed by atoms with Gasteiger partial charge < -0.3 is 14.7 Å². The standard InChI is InChI=1S/C6H10INO3/c1-8-2-3-10-4-5(8)6(9)11-7/h2-3,5-6,9H,4H2,1H3. The van der Waals surface area contributed by atoms with Crippen molar-refractivity contribution in [3.8, 4) is 0 Å². The van der Waals surface area contributed by atoms with Gasteiger partial charge in [0.25, 0.3) is 0 Å². The van der Waals surface area contributed by atoms with Crippen LogP contribution < -0.4 is 0 Å². The van der Waals surface area contributed by atoms with E-state index in [4.69, 9.17) is 7.80 Å². The molecule has 0 spiro atoms. The summed E-state index contributed by atoms with van der Waals surface area (Å²) in [6.07, 6.45) is 2.55. The molecular formula is C6H10INO3. The first-order valence-corrected chi connectivity index (χ1v) is 4.09. The molecule has 11 heavy (non-hydrogen) atoms. The third-order valence-electron chi connectivity index (χ3n) is 1.60. The van der Waals surface area contributed by atoms with E-state index in [-0.39, 0.29) is 6.04 Å². The molecule has 0 radical (unpaired) electrons. The second kappa shape index (κ2) is 4.13. The molecule has 0 aromatic heterocycles. The lowest BCUT2D eigenvalue weighted by atomic mass is 10.2. The number of hydrogen-bond donors (Lipinski definition) is 1. The smallest absolute Gasteiger partial charge is 0.189 e. The molecule has 0 aromatic rings. The molecule has 2 atom stereocenters. The summed E-state index contributed by atoms with van der Waals surface area (Å²) in [6.45, 7) is 0.456. The molecule has 4 nitrogen and oxygen atoms in total. The summed E-state index contributed by atoms with van der Waals surface area (Å²) in [5.41, 5.74) is 0.